The van der Waals surface area contributed by atoms with Gasteiger partial charge in [0.05, 0.1) is 22.8 Å². The molecule has 1 amide bonds. The molecule has 2 heterocycles. The second kappa shape index (κ2) is 8.11. The second-order valence-electron chi connectivity index (χ2n) is 6.76. The number of carboxylic acid groups (broad SMARTS) is 1. The van der Waals surface area contributed by atoms with Crippen LogP contribution >= 0.6 is 0 Å². The number of anilines is 2. The first kappa shape index (κ1) is 20.4. The Bertz CT molecular complexity index is 1240. The number of nitrogens with zero attached hydrogens (tertiary/aromatic N) is 3. The number of aliphatic carboxylic acids is 1. The molecular weight excluding hydrogens is 424 g/mol. The highest BCUT2D eigenvalue weighted by Crippen LogP contribution is 2.34. The van der Waals surface area contributed by atoms with E-state index in [0.29, 0.717) is 17.8 Å². The molecule has 0 unspecified atom stereocenters. The van der Waals surface area contributed by atoms with E-state index in [2.05, 4.69) is 9.82 Å². The average Bonchev–Trinajstić information content (AvgIpc) is 3.24. The summed E-state index contributed by atoms with van der Waals surface area (Å²) in [5.41, 5.74) is 1.18. The first-order valence-corrected chi connectivity index (χ1v) is 10.7. The zero-order chi connectivity index (χ0) is 22.0. The first-order valence-electron chi connectivity index (χ1n) is 9.21. The van der Waals surface area contributed by atoms with Crippen LogP contribution < -0.4 is 14.4 Å². The van der Waals surface area contributed by atoms with Gasteiger partial charge < -0.3 is 9.84 Å². The van der Waals surface area contributed by atoms with Gasteiger partial charge in [0, 0.05) is 12.4 Å². The van der Waals surface area contributed by atoms with Crippen LogP contribution in [-0.4, -0.2) is 48.3 Å². The molecule has 3 aromatic rings. The Kier molecular flexibility index (Phi) is 5.34. The number of hydrogen-bond donors (Lipinski definition) is 2. The number of aromatic nitrogens is 2. The predicted molar refractivity (Wildman–Crippen MR) is 111 cm³/mol. The zero-order valence-corrected chi connectivity index (χ0v) is 16.9. The number of benzene rings is 2. The summed E-state index contributed by atoms with van der Waals surface area (Å²) in [5.74, 6) is -1.55. The molecule has 0 aliphatic carbocycles. The minimum atomic E-state index is -4.04. The molecule has 0 atom stereocenters. The molecule has 2 aromatic carbocycles. The van der Waals surface area contributed by atoms with E-state index in [4.69, 9.17) is 9.84 Å². The zero-order valence-electron chi connectivity index (χ0n) is 16.1. The molecule has 0 saturated heterocycles. The maximum absolute atomic E-state index is 13.1. The molecule has 1 aliphatic rings. The van der Waals surface area contributed by atoms with E-state index in [-0.39, 0.29) is 22.9 Å². The van der Waals surface area contributed by atoms with Crippen LogP contribution in [0.2, 0.25) is 0 Å². The van der Waals surface area contributed by atoms with E-state index in [0.717, 1.165) is 4.90 Å². The monoisotopic (exact) mass is 442 g/mol. The summed E-state index contributed by atoms with van der Waals surface area (Å²) >= 11 is 0. The Morgan fingerprint density at radius 3 is 2.74 bits per heavy atom. The van der Waals surface area contributed by atoms with Gasteiger partial charge in [0.1, 0.15) is 12.3 Å². The van der Waals surface area contributed by atoms with Crippen molar-refractivity contribution in [2.45, 2.75) is 11.4 Å². The number of para-hydroxylation sites is 1. The molecule has 1 aromatic heterocycles. The van der Waals surface area contributed by atoms with E-state index >= 15 is 0 Å². The highest BCUT2D eigenvalue weighted by molar-refractivity contribution is 7.92. The van der Waals surface area contributed by atoms with Gasteiger partial charge in [-0.25, -0.2) is 8.42 Å². The van der Waals surface area contributed by atoms with Gasteiger partial charge in [0.25, 0.3) is 15.9 Å². The van der Waals surface area contributed by atoms with E-state index < -0.39 is 28.4 Å². The number of carbonyl (C=O) groups excluding carboxylic acids is 1. The molecular formula is C20H18N4O6S. The van der Waals surface area contributed by atoms with Crippen LogP contribution in [0.1, 0.15) is 5.56 Å². The molecule has 11 heteroatoms. The fourth-order valence-electron chi connectivity index (χ4n) is 3.19. The standard InChI is InChI=1S/C20H18N4O6S/c25-19-13-30-18-7-6-15(10-17(18)24(19)12-20(26)27)31(28,29)22-16-5-2-1-4-14(16)11-23-9-3-8-21-23/h1-10,22H,11-13H2,(H,26,27). The Balaban J connectivity index is 1.66. The molecule has 0 spiro atoms. The van der Waals surface area contributed by atoms with Crippen molar-refractivity contribution in [1.82, 2.24) is 9.78 Å². The third-order valence-electron chi connectivity index (χ3n) is 4.63. The molecule has 4 rings (SSSR count). The van der Waals surface area contributed by atoms with Crippen molar-refractivity contribution in [2.75, 3.05) is 22.8 Å². The highest BCUT2D eigenvalue weighted by Gasteiger charge is 2.29. The van der Waals surface area contributed by atoms with Crippen LogP contribution in [0.15, 0.2) is 65.8 Å². The van der Waals surface area contributed by atoms with Crippen LogP contribution in [0.25, 0.3) is 0 Å². The summed E-state index contributed by atoms with van der Waals surface area (Å²) in [4.78, 5) is 24.1. The molecule has 2 N–H and O–H groups in total. The van der Waals surface area contributed by atoms with Crippen molar-refractivity contribution in [3.05, 3.63) is 66.5 Å². The molecule has 0 fully saturated rings. The summed E-state index contributed by atoms with van der Waals surface area (Å²) < 4.78 is 35.6. The lowest BCUT2D eigenvalue weighted by molar-refractivity contribution is -0.137. The number of fused-ring (bicyclic) bond motifs is 1. The van der Waals surface area contributed by atoms with Gasteiger partial charge in [-0.1, -0.05) is 18.2 Å². The molecule has 31 heavy (non-hydrogen) atoms. The van der Waals surface area contributed by atoms with Crippen molar-refractivity contribution in [3.8, 4) is 5.75 Å². The summed E-state index contributed by atoms with van der Waals surface area (Å²) in [6.07, 6.45) is 3.40. The maximum Gasteiger partial charge on any atom is 0.323 e. The van der Waals surface area contributed by atoms with Crippen LogP contribution in [0.3, 0.4) is 0 Å². The van der Waals surface area contributed by atoms with E-state index in [9.17, 15) is 18.0 Å². The summed E-state index contributed by atoms with van der Waals surface area (Å²) in [5, 5.41) is 13.2. The summed E-state index contributed by atoms with van der Waals surface area (Å²) in [7, 11) is -4.04. The topological polar surface area (TPSA) is 131 Å². The van der Waals surface area contributed by atoms with E-state index in [1.165, 1.54) is 18.2 Å². The Labute approximate surface area is 177 Å². The van der Waals surface area contributed by atoms with Crippen molar-refractivity contribution in [1.29, 1.82) is 0 Å². The number of hydrogen-bond acceptors (Lipinski definition) is 6. The normalized spacial score (nSPS) is 13.4. The molecule has 10 nitrogen and oxygen atoms in total. The Hall–Kier alpha value is -3.86. The fraction of sp³-hybridized carbons (Fsp3) is 0.150. The predicted octanol–water partition coefficient (Wildman–Crippen LogP) is 1.54. The van der Waals surface area contributed by atoms with Gasteiger partial charge >= 0.3 is 5.97 Å². The number of carbonyl (C=O) groups is 2. The minimum absolute atomic E-state index is 0.0892. The molecule has 0 radical (unpaired) electrons. The van der Waals surface area contributed by atoms with Gasteiger partial charge in [-0.2, -0.15) is 5.10 Å². The van der Waals surface area contributed by atoms with Gasteiger partial charge in [0.2, 0.25) is 0 Å². The second-order valence-corrected chi connectivity index (χ2v) is 8.44. The molecule has 0 saturated carbocycles. The summed E-state index contributed by atoms with van der Waals surface area (Å²) in [6.45, 7) is -0.547. The largest absolute Gasteiger partial charge is 0.482 e. The van der Waals surface area contributed by atoms with Gasteiger partial charge in [0.15, 0.2) is 6.61 Å². The number of carboxylic acids is 1. The fourth-order valence-corrected chi connectivity index (χ4v) is 4.31. The molecule has 160 valence electrons. The maximum atomic E-state index is 13.1. The number of amides is 1. The van der Waals surface area contributed by atoms with E-state index in [1.54, 1.807) is 47.4 Å². The Morgan fingerprint density at radius 1 is 1.19 bits per heavy atom. The third-order valence-corrected chi connectivity index (χ3v) is 5.99. The van der Waals surface area contributed by atoms with Gasteiger partial charge in [-0.15, -0.1) is 0 Å². The van der Waals surface area contributed by atoms with Crippen molar-refractivity contribution < 1.29 is 27.9 Å². The number of sulfonamides is 1. The Morgan fingerprint density at radius 2 is 2.00 bits per heavy atom. The quantitative estimate of drug-likeness (QED) is 0.567. The number of rotatable bonds is 7. The molecule has 0 bridgehead atoms. The van der Waals surface area contributed by atoms with Gasteiger partial charge in [-0.05, 0) is 35.9 Å². The van der Waals surface area contributed by atoms with Crippen molar-refractivity contribution in [2.24, 2.45) is 0 Å². The van der Waals surface area contributed by atoms with Gasteiger partial charge in [-0.3, -0.25) is 23.9 Å². The number of ether oxygens (including phenoxy) is 1. The third kappa shape index (κ3) is 4.36. The highest BCUT2D eigenvalue weighted by atomic mass is 32.2. The SMILES string of the molecule is O=C(O)CN1C(=O)COc2ccc(S(=O)(=O)Nc3ccccc3Cn3cccn3)cc21. The van der Waals surface area contributed by atoms with Crippen LogP contribution in [0, 0.1) is 0 Å². The average molecular weight is 442 g/mol. The first-order chi connectivity index (χ1) is 14.8. The van der Waals surface area contributed by atoms with Crippen molar-refractivity contribution in [3.63, 3.8) is 0 Å². The van der Waals surface area contributed by atoms with Crippen molar-refractivity contribution >= 4 is 33.3 Å². The van der Waals surface area contributed by atoms with Crippen LogP contribution in [-0.2, 0) is 26.2 Å². The lowest BCUT2D eigenvalue weighted by atomic mass is 10.2. The van der Waals surface area contributed by atoms with E-state index in [1.807, 2.05) is 0 Å². The smallest absolute Gasteiger partial charge is 0.323 e. The van der Waals surface area contributed by atoms with Crippen LogP contribution in [0.5, 0.6) is 5.75 Å². The lowest BCUT2D eigenvalue weighted by Crippen LogP contribution is -2.42. The lowest BCUT2D eigenvalue weighted by Gasteiger charge is -2.28. The minimum Gasteiger partial charge on any atom is -0.482 e. The summed E-state index contributed by atoms with van der Waals surface area (Å²) in [6, 6.07) is 12.7. The van der Waals surface area contributed by atoms with Crippen LogP contribution in [0.4, 0.5) is 11.4 Å². The number of nitrogens with one attached hydrogen (secondary N) is 1. The molecule has 1 aliphatic heterocycles.